The Morgan fingerprint density at radius 2 is 2.19 bits per heavy atom. The van der Waals surface area contributed by atoms with E-state index >= 15 is 0 Å². The molecule has 92 valence electrons. The van der Waals surface area contributed by atoms with Crippen LogP contribution < -0.4 is 0 Å². The number of rotatable bonds is 7. The van der Waals surface area contributed by atoms with Gasteiger partial charge in [0.15, 0.2) is 0 Å². The molecule has 1 unspecified atom stereocenters. The maximum absolute atomic E-state index is 10.7. The second kappa shape index (κ2) is 6.51. The summed E-state index contributed by atoms with van der Waals surface area (Å²) >= 11 is 0. The van der Waals surface area contributed by atoms with Gasteiger partial charge in [-0.05, 0) is 27.2 Å². The molecule has 0 aliphatic heterocycles. The molecule has 0 radical (unpaired) electrons. The number of terminal acetylenes is 1. The number of carboxylic acid groups (broad SMARTS) is 1. The van der Waals surface area contributed by atoms with Crippen LogP contribution in [0.3, 0.4) is 0 Å². The maximum atomic E-state index is 10.7. The standard InChI is InChI=1S/C12H21NO3/c1-6-7-13(9-11(14)15)10(2)8-12(3,4)16-5/h1,10H,7-9H2,2-5H3,(H,14,15). The zero-order chi connectivity index (χ0) is 12.8. The number of hydrogen-bond acceptors (Lipinski definition) is 3. The van der Waals surface area contributed by atoms with E-state index in [-0.39, 0.29) is 18.2 Å². The predicted molar refractivity (Wildman–Crippen MR) is 63.2 cm³/mol. The van der Waals surface area contributed by atoms with Crippen molar-refractivity contribution in [1.29, 1.82) is 0 Å². The average molecular weight is 227 g/mol. The van der Waals surface area contributed by atoms with Crippen molar-refractivity contribution in [3.8, 4) is 12.3 Å². The summed E-state index contributed by atoms with van der Waals surface area (Å²) in [6.07, 6.45) is 5.96. The number of aliphatic carboxylic acids is 1. The molecule has 0 saturated carbocycles. The van der Waals surface area contributed by atoms with Gasteiger partial charge >= 0.3 is 5.97 Å². The van der Waals surface area contributed by atoms with E-state index in [1.807, 2.05) is 20.8 Å². The van der Waals surface area contributed by atoms with Crippen molar-refractivity contribution in [3.63, 3.8) is 0 Å². The molecule has 0 aromatic heterocycles. The van der Waals surface area contributed by atoms with Crippen LogP contribution in [0.5, 0.6) is 0 Å². The highest BCUT2D eigenvalue weighted by atomic mass is 16.5. The Labute approximate surface area is 97.6 Å². The van der Waals surface area contributed by atoms with Crippen LogP contribution in [0.4, 0.5) is 0 Å². The second-order valence-corrected chi connectivity index (χ2v) is 4.52. The summed E-state index contributed by atoms with van der Waals surface area (Å²) in [6, 6.07) is 0.0714. The van der Waals surface area contributed by atoms with Gasteiger partial charge in [-0.2, -0.15) is 0 Å². The molecule has 0 aliphatic carbocycles. The minimum absolute atomic E-state index is 0.0365. The zero-order valence-electron chi connectivity index (χ0n) is 10.5. The quantitative estimate of drug-likeness (QED) is 0.664. The minimum atomic E-state index is -0.864. The first-order valence-corrected chi connectivity index (χ1v) is 5.27. The summed E-state index contributed by atoms with van der Waals surface area (Å²) in [7, 11) is 1.65. The lowest BCUT2D eigenvalue weighted by Crippen LogP contribution is -2.42. The van der Waals surface area contributed by atoms with Crippen molar-refractivity contribution in [2.45, 2.75) is 38.8 Å². The molecule has 4 nitrogen and oxygen atoms in total. The van der Waals surface area contributed by atoms with Crippen LogP contribution >= 0.6 is 0 Å². The summed E-state index contributed by atoms with van der Waals surface area (Å²) < 4.78 is 5.32. The lowest BCUT2D eigenvalue weighted by atomic mass is 9.99. The summed E-state index contributed by atoms with van der Waals surface area (Å²) in [5.41, 5.74) is -0.273. The number of ether oxygens (including phenoxy) is 1. The molecule has 0 heterocycles. The summed E-state index contributed by atoms with van der Waals surface area (Å²) in [6.45, 7) is 6.20. The van der Waals surface area contributed by atoms with Crippen LogP contribution in [0.15, 0.2) is 0 Å². The molecule has 0 bridgehead atoms. The average Bonchev–Trinajstić information content (AvgIpc) is 2.16. The highest BCUT2D eigenvalue weighted by molar-refractivity contribution is 5.69. The number of carbonyl (C=O) groups is 1. The monoisotopic (exact) mass is 227 g/mol. The molecule has 4 heteroatoms. The van der Waals surface area contributed by atoms with Gasteiger partial charge in [-0.3, -0.25) is 9.69 Å². The van der Waals surface area contributed by atoms with Gasteiger partial charge in [-0.25, -0.2) is 0 Å². The molecule has 0 saturated heterocycles. The lowest BCUT2D eigenvalue weighted by molar-refractivity contribution is -0.139. The number of hydrogen-bond donors (Lipinski definition) is 1. The molecule has 0 spiro atoms. The van der Waals surface area contributed by atoms with Crippen LogP contribution in [0.2, 0.25) is 0 Å². The van der Waals surface area contributed by atoms with E-state index in [0.717, 1.165) is 6.42 Å². The van der Waals surface area contributed by atoms with E-state index in [2.05, 4.69) is 5.92 Å². The van der Waals surface area contributed by atoms with Gasteiger partial charge < -0.3 is 9.84 Å². The molecule has 1 atom stereocenters. The first-order valence-electron chi connectivity index (χ1n) is 5.27. The smallest absolute Gasteiger partial charge is 0.317 e. The van der Waals surface area contributed by atoms with Crippen LogP contribution in [-0.2, 0) is 9.53 Å². The number of nitrogens with zero attached hydrogens (tertiary/aromatic N) is 1. The van der Waals surface area contributed by atoms with Crippen LogP contribution in [0.25, 0.3) is 0 Å². The largest absolute Gasteiger partial charge is 0.480 e. The van der Waals surface area contributed by atoms with Crippen molar-refractivity contribution in [3.05, 3.63) is 0 Å². The second-order valence-electron chi connectivity index (χ2n) is 4.52. The number of carboxylic acids is 1. The Morgan fingerprint density at radius 3 is 2.56 bits per heavy atom. The van der Waals surface area contributed by atoms with Gasteiger partial charge in [0.2, 0.25) is 0 Å². The molecule has 0 aliphatic rings. The fourth-order valence-corrected chi connectivity index (χ4v) is 1.58. The van der Waals surface area contributed by atoms with E-state index in [1.54, 1.807) is 12.0 Å². The molecule has 0 fully saturated rings. The SMILES string of the molecule is C#CCN(CC(=O)O)C(C)CC(C)(C)OC. The summed E-state index contributed by atoms with van der Waals surface area (Å²) in [5, 5.41) is 8.77. The first kappa shape index (κ1) is 14.9. The van der Waals surface area contributed by atoms with Crippen molar-refractivity contribution in [1.82, 2.24) is 4.90 Å². The van der Waals surface area contributed by atoms with Crippen molar-refractivity contribution < 1.29 is 14.6 Å². The Hall–Kier alpha value is -1.05. The fourth-order valence-electron chi connectivity index (χ4n) is 1.58. The van der Waals surface area contributed by atoms with Gasteiger partial charge in [-0.1, -0.05) is 5.92 Å². The fraction of sp³-hybridized carbons (Fsp3) is 0.750. The molecular weight excluding hydrogens is 206 g/mol. The van der Waals surface area contributed by atoms with E-state index < -0.39 is 5.97 Å². The lowest BCUT2D eigenvalue weighted by Gasteiger charge is -2.32. The topological polar surface area (TPSA) is 49.8 Å². The van der Waals surface area contributed by atoms with Crippen LogP contribution in [0, 0.1) is 12.3 Å². The van der Waals surface area contributed by atoms with Gasteiger partial charge in [0.05, 0.1) is 18.7 Å². The third-order valence-electron chi connectivity index (χ3n) is 2.60. The van der Waals surface area contributed by atoms with Gasteiger partial charge in [0.1, 0.15) is 0 Å². The van der Waals surface area contributed by atoms with E-state index in [4.69, 9.17) is 16.3 Å². The molecule has 0 rings (SSSR count). The van der Waals surface area contributed by atoms with E-state index in [1.165, 1.54) is 0 Å². The van der Waals surface area contributed by atoms with Gasteiger partial charge in [0.25, 0.3) is 0 Å². The minimum Gasteiger partial charge on any atom is -0.480 e. The Morgan fingerprint density at radius 1 is 1.62 bits per heavy atom. The van der Waals surface area contributed by atoms with Crippen LogP contribution in [0.1, 0.15) is 27.2 Å². The van der Waals surface area contributed by atoms with E-state index in [9.17, 15) is 4.79 Å². The molecule has 1 N–H and O–H groups in total. The predicted octanol–water partition coefficient (Wildman–Crippen LogP) is 1.21. The third kappa shape index (κ3) is 5.74. The highest BCUT2D eigenvalue weighted by Crippen LogP contribution is 2.18. The Kier molecular flexibility index (Phi) is 6.09. The molecule has 0 aromatic carbocycles. The molecular formula is C12H21NO3. The van der Waals surface area contributed by atoms with Crippen LogP contribution in [-0.4, -0.2) is 47.8 Å². The summed E-state index contributed by atoms with van der Waals surface area (Å²) in [4.78, 5) is 12.4. The Bertz CT molecular complexity index is 268. The van der Waals surface area contributed by atoms with Crippen molar-refractivity contribution in [2.24, 2.45) is 0 Å². The van der Waals surface area contributed by atoms with Gasteiger partial charge in [0, 0.05) is 13.2 Å². The van der Waals surface area contributed by atoms with Gasteiger partial charge in [-0.15, -0.1) is 6.42 Å². The molecule has 0 aromatic rings. The van der Waals surface area contributed by atoms with Crippen molar-refractivity contribution in [2.75, 3.05) is 20.2 Å². The maximum Gasteiger partial charge on any atom is 0.317 e. The highest BCUT2D eigenvalue weighted by Gasteiger charge is 2.24. The Balaban J connectivity index is 4.44. The molecule has 16 heavy (non-hydrogen) atoms. The normalized spacial score (nSPS) is 13.5. The number of methoxy groups -OCH3 is 1. The first-order chi connectivity index (χ1) is 7.32. The summed E-state index contributed by atoms with van der Waals surface area (Å²) in [5.74, 6) is 1.62. The van der Waals surface area contributed by atoms with Crippen molar-refractivity contribution >= 4 is 5.97 Å². The zero-order valence-corrected chi connectivity index (χ0v) is 10.5. The molecule has 0 amide bonds. The third-order valence-corrected chi connectivity index (χ3v) is 2.60. The van der Waals surface area contributed by atoms with E-state index in [0.29, 0.717) is 6.54 Å².